The van der Waals surface area contributed by atoms with Crippen molar-refractivity contribution in [1.29, 1.82) is 0 Å². The van der Waals surface area contributed by atoms with E-state index in [-0.39, 0.29) is 23.1 Å². The van der Waals surface area contributed by atoms with E-state index in [0.29, 0.717) is 32.5 Å². The number of rotatable bonds is 5. The highest BCUT2D eigenvalue weighted by Gasteiger charge is 2.47. The molecule has 0 bridgehead atoms. The zero-order valence-electron chi connectivity index (χ0n) is 16.6. The van der Waals surface area contributed by atoms with Gasteiger partial charge < -0.3 is 14.9 Å². The van der Waals surface area contributed by atoms with E-state index in [1.807, 2.05) is 22.8 Å². The van der Waals surface area contributed by atoms with Crippen LogP contribution in [0.15, 0.2) is 24.3 Å². The first-order valence-corrected chi connectivity index (χ1v) is 10.6. The molecule has 2 fully saturated rings. The van der Waals surface area contributed by atoms with Crippen molar-refractivity contribution in [2.45, 2.75) is 64.4 Å². The minimum atomic E-state index is -0.429. The molecule has 0 radical (unpaired) electrons. The molecular formula is C22H34N2O3. The molecule has 2 atom stereocenters. The fourth-order valence-electron chi connectivity index (χ4n) is 4.88. The summed E-state index contributed by atoms with van der Waals surface area (Å²) in [5.41, 5.74) is -0.350. The third-order valence-corrected chi connectivity index (χ3v) is 6.51. The molecule has 0 aromatic rings. The normalized spacial score (nSPS) is 29.2. The summed E-state index contributed by atoms with van der Waals surface area (Å²) in [6.45, 7) is 4.58. The maximum atomic E-state index is 12.9. The number of carbonyl (C=O) groups is 2. The Morgan fingerprint density at radius 1 is 1.19 bits per heavy atom. The van der Waals surface area contributed by atoms with E-state index < -0.39 is 6.10 Å². The number of piperidine rings is 2. The maximum Gasteiger partial charge on any atom is 0.226 e. The van der Waals surface area contributed by atoms with E-state index in [1.165, 1.54) is 0 Å². The summed E-state index contributed by atoms with van der Waals surface area (Å²) in [5.74, 6) is 0.487. The van der Waals surface area contributed by atoms with Crippen LogP contribution in [-0.4, -0.2) is 59.0 Å². The van der Waals surface area contributed by atoms with Crippen LogP contribution in [0, 0.1) is 11.3 Å². The van der Waals surface area contributed by atoms with Crippen molar-refractivity contribution in [3.05, 3.63) is 24.3 Å². The average molecular weight is 375 g/mol. The van der Waals surface area contributed by atoms with Crippen LogP contribution in [0.4, 0.5) is 0 Å². The number of hydrogen-bond acceptors (Lipinski definition) is 3. The van der Waals surface area contributed by atoms with Crippen LogP contribution in [0.25, 0.3) is 0 Å². The van der Waals surface area contributed by atoms with Gasteiger partial charge in [-0.25, -0.2) is 0 Å². The highest BCUT2D eigenvalue weighted by atomic mass is 16.3. The number of likely N-dealkylation sites (tertiary alicyclic amines) is 2. The second-order valence-corrected chi connectivity index (χ2v) is 8.45. The molecule has 1 spiro atoms. The Balaban J connectivity index is 1.61. The molecule has 5 nitrogen and oxygen atoms in total. The van der Waals surface area contributed by atoms with E-state index in [0.717, 1.165) is 45.1 Å². The summed E-state index contributed by atoms with van der Waals surface area (Å²) in [6, 6.07) is 0. The quantitative estimate of drug-likeness (QED) is 0.595. The van der Waals surface area contributed by atoms with Gasteiger partial charge in [0, 0.05) is 43.9 Å². The molecule has 5 heteroatoms. The largest absolute Gasteiger partial charge is 0.392 e. The fourth-order valence-corrected chi connectivity index (χ4v) is 4.88. The van der Waals surface area contributed by atoms with Gasteiger partial charge in [0.2, 0.25) is 11.8 Å². The molecule has 0 aromatic heterocycles. The number of unbranched alkanes of at least 4 members (excludes halogenated alkanes) is 1. The van der Waals surface area contributed by atoms with Gasteiger partial charge in [0.1, 0.15) is 0 Å². The molecule has 3 aliphatic rings. The lowest BCUT2D eigenvalue weighted by atomic mass is 9.71. The number of nitrogens with zero attached hydrogens (tertiary/aromatic N) is 2. The minimum absolute atomic E-state index is 0.0743. The lowest BCUT2D eigenvalue weighted by molar-refractivity contribution is -0.150. The summed E-state index contributed by atoms with van der Waals surface area (Å²) in [7, 11) is 0. The molecule has 1 N–H and O–H groups in total. The van der Waals surface area contributed by atoms with Crippen molar-refractivity contribution in [1.82, 2.24) is 9.80 Å². The maximum absolute atomic E-state index is 12.9. The van der Waals surface area contributed by atoms with Crippen LogP contribution in [-0.2, 0) is 9.59 Å². The molecule has 2 saturated heterocycles. The van der Waals surface area contributed by atoms with Gasteiger partial charge in [-0.1, -0.05) is 24.3 Å². The van der Waals surface area contributed by atoms with Gasteiger partial charge in [-0.3, -0.25) is 9.59 Å². The molecule has 3 rings (SSSR count). The van der Waals surface area contributed by atoms with Gasteiger partial charge >= 0.3 is 0 Å². The molecule has 1 aliphatic carbocycles. The van der Waals surface area contributed by atoms with Crippen LogP contribution < -0.4 is 0 Å². The van der Waals surface area contributed by atoms with Crippen LogP contribution >= 0.6 is 0 Å². The van der Waals surface area contributed by atoms with Gasteiger partial charge in [0.05, 0.1) is 6.10 Å². The van der Waals surface area contributed by atoms with Crippen molar-refractivity contribution in [2.24, 2.45) is 11.3 Å². The van der Waals surface area contributed by atoms with Crippen molar-refractivity contribution < 1.29 is 14.7 Å². The van der Waals surface area contributed by atoms with Crippen molar-refractivity contribution in [3.63, 3.8) is 0 Å². The van der Waals surface area contributed by atoms with Gasteiger partial charge in [0.15, 0.2) is 0 Å². The lowest BCUT2D eigenvalue weighted by Gasteiger charge is -2.51. The fraction of sp³-hybridized carbons (Fsp3) is 0.727. The van der Waals surface area contributed by atoms with Gasteiger partial charge in [-0.15, -0.1) is 0 Å². The Kier molecular flexibility index (Phi) is 6.74. The van der Waals surface area contributed by atoms with Crippen LogP contribution in [0.2, 0.25) is 0 Å². The molecular weight excluding hydrogens is 340 g/mol. The van der Waals surface area contributed by atoms with E-state index >= 15 is 0 Å². The zero-order chi connectivity index (χ0) is 19.3. The number of allylic oxidation sites excluding steroid dienone is 4. The van der Waals surface area contributed by atoms with Crippen LogP contribution in [0.3, 0.4) is 0 Å². The van der Waals surface area contributed by atoms with E-state index in [9.17, 15) is 14.7 Å². The predicted molar refractivity (Wildman–Crippen MR) is 106 cm³/mol. The smallest absolute Gasteiger partial charge is 0.226 e. The second-order valence-electron chi connectivity index (χ2n) is 8.45. The van der Waals surface area contributed by atoms with Gasteiger partial charge in [0.25, 0.3) is 0 Å². The van der Waals surface area contributed by atoms with Crippen molar-refractivity contribution >= 4 is 11.8 Å². The van der Waals surface area contributed by atoms with Gasteiger partial charge in [-0.05, 0) is 51.9 Å². The van der Waals surface area contributed by atoms with E-state index in [1.54, 1.807) is 0 Å². The molecule has 150 valence electrons. The first-order chi connectivity index (χ1) is 13.1. The highest BCUT2D eigenvalue weighted by molar-refractivity contribution is 5.80. The SMILES string of the molecule is CC=CCCCC(=O)N1CC[C@@H](O)[C@]2(CCCN(C(=O)C3CC=CC3)C2)C1. The number of carbonyl (C=O) groups excluding carboxylic acids is 2. The molecule has 0 unspecified atom stereocenters. The number of amides is 2. The molecule has 0 saturated carbocycles. The van der Waals surface area contributed by atoms with Crippen LogP contribution in [0.1, 0.15) is 58.3 Å². The van der Waals surface area contributed by atoms with Crippen molar-refractivity contribution in [2.75, 3.05) is 26.2 Å². The third kappa shape index (κ3) is 4.63. The molecule has 27 heavy (non-hydrogen) atoms. The van der Waals surface area contributed by atoms with Crippen molar-refractivity contribution in [3.8, 4) is 0 Å². The Morgan fingerprint density at radius 2 is 1.93 bits per heavy atom. The third-order valence-electron chi connectivity index (χ3n) is 6.51. The molecule has 2 amide bonds. The summed E-state index contributed by atoms with van der Waals surface area (Å²) in [5, 5.41) is 10.8. The summed E-state index contributed by atoms with van der Waals surface area (Å²) in [4.78, 5) is 29.4. The van der Waals surface area contributed by atoms with Crippen LogP contribution in [0.5, 0.6) is 0 Å². The first-order valence-electron chi connectivity index (χ1n) is 10.6. The Morgan fingerprint density at radius 3 is 2.67 bits per heavy atom. The summed E-state index contributed by atoms with van der Waals surface area (Å²) < 4.78 is 0. The van der Waals surface area contributed by atoms with E-state index in [4.69, 9.17) is 0 Å². The minimum Gasteiger partial charge on any atom is -0.392 e. The highest BCUT2D eigenvalue weighted by Crippen LogP contribution is 2.40. The summed E-state index contributed by atoms with van der Waals surface area (Å²) in [6.07, 6.45) is 14.3. The predicted octanol–water partition coefficient (Wildman–Crippen LogP) is 2.90. The second kappa shape index (κ2) is 9.05. The Labute approximate surface area is 163 Å². The zero-order valence-corrected chi connectivity index (χ0v) is 16.6. The van der Waals surface area contributed by atoms with E-state index in [2.05, 4.69) is 18.2 Å². The molecule has 0 aromatic carbocycles. The Bertz CT molecular complexity index is 592. The number of aliphatic hydroxyl groups is 1. The topological polar surface area (TPSA) is 60.9 Å². The molecule has 2 aliphatic heterocycles. The number of hydrogen-bond donors (Lipinski definition) is 1. The Hall–Kier alpha value is -1.62. The summed E-state index contributed by atoms with van der Waals surface area (Å²) >= 11 is 0. The molecule has 2 heterocycles. The monoisotopic (exact) mass is 374 g/mol. The number of aliphatic hydroxyl groups excluding tert-OH is 1. The lowest BCUT2D eigenvalue weighted by Crippen LogP contribution is -2.61. The van der Waals surface area contributed by atoms with Gasteiger partial charge in [-0.2, -0.15) is 0 Å². The first kappa shape index (κ1) is 20.1. The average Bonchev–Trinajstić information content (AvgIpc) is 3.22. The standard InChI is InChI=1S/C22H34N2O3/c1-2-3-4-5-11-20(26)23-15-12-19(25)22(16-23)13-8-14-24(17-22)21(27)18-9-6-7-10-18/h2-3,6-7,18-19,25H,4-5,8-17H2,1H3/t19-,22-/m1/s1.